The molecule has 2 fully saturated rings. The van der Waals surface area contributed by atoms with Crippen LogP contribution in [0.3, 0.4) is 0 Å². The first-order chi connectivity index (χ1) is 13.3. The van der Waals surface area contributed by atoms with Gasteiger partial charge in [0, 0.05) is 37.1 Å². The van der Waals surface area contributed by atoms with Crippen LogP contribution in [0.1, 0.15) is 41.8 Å². The lowest BCUT2D eigenvalue weighted by atomic mass is 9.80. The summed E-state index contributed by atoms with van der Waals surface area (Å²) in [5.41, 5.74) is 0.0419. The van der Waals surface area contributed by atoms with Gasteiger partial charge in [0.2, 0.25) is 15.9 Å². The Morgan fingerprint density at radius 2 is 2.14 bits per heavy atom. The lowest BCUT2D eigenvalue weighted by Gasteiger charge is -2.25. The molecule has 2 aromatic heterocycles. The molecule has 2 aliphatic rings. The molecule has 1 aliphatic carbocycles. The van der Waals surface area contributed by atoms with Crippen LogP contribution in [0.5, 0.6) is 0 Å². The number of likely N-dealkylation sites (tertiary alicyclic amines) is 1. The van der Waals surface area contributed by atoms with Crippen LogP contribution in [0.2, 0.25) is 0 Å². The first kappa shape index (κ1) is 19.0. The van der Waals surface area contributed by atoms with Gasteiger partial charge in [0.05, 0.1) is 11.2 Å². The molecule has 0 aromatic carbocycles. The number of pyridine rings is 1. The van der Waals surface area contributed by atoms with Crippen LogP contribution < -0.4 is 4.72 Å². The van der Waals surface area contributed by atoms with Gasteiger partial charge in [-0.1, -0.05) is 5.16 Å². The van der Waals surface area contributed by atoms with E-state index in [1.54, 1.807) is 43.3 Å². The Hall–Kier alpha value is -2.33. The zero-order chi connectivity index (χ0) is 19.9. The maximum atomic E-state index is 12.9. The van der Waals surface area contributed by atoms with Crippen molar-refractivity contribution in [1.82, 2.24) is 24.7 Å². The molecule has 1 saturated carbocycles. The number of rotatable bonds is 5. The van der Waals surface area contributed by atoms with E-state index in [9.17, 15) is 13.2 Å². The van der Waals surface area contributed by atoms with Crippen molar-refractivity contribution in [2.75, 3.05) is 18.8 Å². The number of hydrogen-bond acceptors (Lipinski definition) is 7. The maximum absolute atomic E-state index is 12.9. The molecule has 2 aromatic rings. The Morgan fingerprint density at radius 1 is 1.39 bits per heavy atom. The van der Waals surface area contributed by atoms with Crippen molar-refractivity contribution in [3.8, 4) is 0 Å². The van der Waals surface area contributed by atoms with E-state index < -0.39 is 15.4 Å². The summed E-state index contributed by atoms with van der Waals surface area (Å²) < 4.78 is 32.4. The predicted octanol–water partition coefficient (Wildman–Crippen LogP) is 0.885. The highest BCUT2D eigenvalue weighted by molar-refractivity contribution is 7.89. The van der Waals surface area contributed by atoms with Crippen LogP contribution in [0, 0.1) is 12.8 Å². The van der Waals surface area contributed by atoms with Gasteiger partial charge in [-0.3, -0.25) is 9.78 Å². The van der Waals surface area contributed by atoms with Gasteiger partial charge < -0.3 is 9.42 Å². The van der Waals surface area contributed by atoms with E-state index in [2.05, 4.69) is 19.8 Å². The highest BCUT2D eigenvalue weighted by Crippen LogP contribution is 2.50. The number of sulfonamides is 1. The highest BCUT2D eigenvalue weighted by Gasteiger charge is 2.58. The average Bonchev–Trinajstić information content (AvgIpc) is 3.34. The molecule has 10 heteroatoms. The number of carbonyl (C=O) groups excluding carboxylic acids is 1. The largest absolute Gasteiger partial charge is 0.339 e. The quantitative estimate of drug-likeness (QED) is 0.784. The third kappa shape index (κ3) is 3.30. The third-order valence-corrected chi connectivity index (χ3v) is 7.22. The predicted molar refractivity (Wildman–Crippen MR) is 100.0 cm³/mol. The molecular formula is C18H23N5O4S. The highest BCUT2D eigenvalue weighted by atomic mass is 32.2. The summed E-state index contributed by atoms with van der Waals surface area (Å²) >= 11 is 0. The molecule has 0 spiro atoms. The van der Waals surface area contributed by atoms with E-state index in [1.165, 1.54) is 0 Å². The van der Waals surface area contributed by atoms with Gasteiger partial charge >= 0.3 is 0 Å². The van der Waals surface area contributed by atoms with Crippen LogP contribution in [-0.4, -0.2) is 59.2 Å². The second-order valence-corrected chi connectivity index (χ2v) is 9.62. The number of carbonyl (C=O) groups is 1. The zero-order valence-electron chi connectivity index (χ0n) is 15.8. The molecule has 150 valence electrons. The van der Waals surface area contributed by atoms with Crippen LogP contribution in [0.4, 0.5) is 0 Å². The van der Waals surface area contributed by atoms with E-state index in [1.807, 2.05) is 0 Å². The van der Waals surface area contributed by atoms with Crippen molar-refractivity contribution in [2.24, 2.45) is 5.92 Å². The number of amides is 1. The van der Waals surface area contributed by atoms with Gasteiger partial charge in [0.1, 0.15) is 0 Å². The van der Waals surface area contributed by atoms with Crippen LogP contribution in [-0.2, 0) is 15.4 Å². The second kappa shape index (κ2) is 6.93. The molecule has 28 heavy (non-hydrogen) atoms. The van der Waals surface area contributed by atoms with Crippen molar-refractivity contribution in [1.29, 1.82) is 0 Å². The molecule has 1 aliphatic heterocycles. The molecule has 3 heterocycles. The molecule has 1 unspecified atom stereocenters. The van der Waals surface area contributed by atoms with Gasteiger partial charge in [-0.2, -0.15) is 4.98 Å². The van der Waals surface area contributed by atoms with E-state index in [0.717, 1.165) is 0 Å². The maximum Gasteiger partial charge on any atom is 0.254 e. The molecular weight excluding hydrogens is 382 g/mol. The van der Waals surface area contributed by atoms with Crippen LogP contribution >= 0.6 is 0 Å². The third-order valence-electron chi connectivity index (χ3n) is 5.77. The minimum absolute atomic E-state index is 0.0352. The first-order valence-corrected chi connectivity index (χ1v) is 11.0. The first-order valence-electron chi connectivity index (χ1n) is 9.33. The second-order valence-electron chi connectivity index (χ2n) is 7.58. The molecule has 0 bridgehead atoms. The Balaban J connectivity index is 1.62. The van der Waals surface area contributed by atoms with Crippen molar-refractivity contribution in [3.05, 3.63) is 41.8 Å². The average molecular weight is 405 g/mol. The fourth-order valence-electron chi connectivity index (χ4n) is 4.46. The van der Waals surface area contributed by atoms with Crippen LogP contribution in [0.15, 0.2) is 29.0 Å². The zero-order valence-corrected chi connectivity index (χ0v) is 16.6. The number of hydrogen-bond donors (Lipinski definition) is 1. The molecule has 3 atom stereocenters. The number of nitrogens with zero attached hydrogens (tertiary/aromatic N) is 4. The van der Waals surface area contributed by atoms with Crippen molar-refractivity contribution < 1.29 is 17.7 Å². The molecule has 4 rings (SSSR count). The van der Waals surface area contributed by atoms with E-state index in [0.29, 0.717) is 43.2 Å². The van der Waals surface area contributed by atoms with Gasteiger partial charge in [-0.25, -0.2) is 13.1 Å². The number of fused-ring (bicyclic) bond motifs is 1. The molecule has 9 nitrogen and oxygen atoms in total. The lowest BCUT2D eigenvalue weighted by molar-refractivity contribution is 0.0773. The topological polar surface area (TPSA) is 118 Å². The normalized spacial score (nSPS) is 27.1. The number of aryl methyl sites for hydroxylation is 1. The Bertz CT molecular complexity index is 977. The van der Waals surface area contributed by atoms with Crippen molar-refractivity contribution in [3.63, 3.8) is 0 Å². The minimum atomic E-state index is -3.31. The summed E-state index contributed by atoms with van der Waals surface area (Å²) in [4.78, 5) is 23.1. The smallest absolute Gasteiger partial charge is 0.254 e. The monoisotopic (exact) mass is 405 g/mol. The Labute approximate surface area is 163 Å². The minimum Gasteiger partial charge on any atom is -0.339 e. The van der Waals surface area contributed by atoms with Crippen molar-refractivity contribution in [2.45, 2.75) is 38.1 Å². The fourth-order valence-corrected chi connectivity index (χ4v) is 5.31. The van der Waals surface area contributed by atoms with Gasteiger partial charge in [-0.15, -0.1) is 0 Å². The lowest BCUT2D eigenvalue weighted by Crippen LogP contribution is -2.39. The fraction of sp³-hybridized carbons (Fsp3) is 0.556. The molecule has 1 N–H and O–H groups in total. The standard InChI is InChI=1S/C18H23N5O4S/c1-3-28(25,26)22-15-8-14-10-23(16(24)13-4-6-19-7-5-13)11-18(14,9-15)17-20-12(2)21-27-17/h4-7,14-15,22H,3,8-11H2,1-2H3/t14?,15-,18+/m1/s1. The van der Waals surface area contributed by atoms with Gasteiger partial charge in [-0.05, 0) is 44.7 Å². The summed E-state index contributed by atoms with van der Waals surface area (Å²) in [7, 11) is -3.31. The Kier molecular flexibility index (Phi) is 4.70. The summed E-state index contributed by atoms with van der Waals surface area (Å²) in [5, 5.41) is 3.92. The van der Waals surface area contributed by atoms with E-state index in [-0.39, 0.29) is 23.6 Å². The van der Waals surface area contributed by atoms with Crippen LogP contribution in [0.25, 0.3) is 0 Å². The Morgan fingerprint density at radius 3 is 2.79 bits per heavy atom. The van der Waals surface area contributed by atoms with Gasteiger partial charge in [0.25, 0.3) is 5.91 Å². The van der Waals surface area contributed by atoms with Crippen molar-refractivity contribution >= 4 is 15.9 Å². The summed E-state index contributed by atoms with van der Waals surface area (Å²) in [6, 6.07) is 3.18. The van der Waals surface area contributed by atoms with Gasteiger partial charge in [0.15, 0.2) is 5.82 Å². The summed E-state index contributed by atoms with van der Waals surface area (Å²) in [6.07, 6.45) is 4.34. The SMILES string of the molecule is CCS(=O)(=O)N[C@@H]1CC2CN(C(=O)c3ccncc3)C[C@@]2(c2nc(C)no2)C1. The number of aromatic nitrogens is 3. The van der Waals surface area contributed by atoms with E-state index in [4.69, 9.17) is 4.52 Å². The number of nitrogens with one attached hydrogen (secondary N) is 1. The molecule has 1 saturated heterocycles. The summed E-state index contributed by atoms with van der Waals surface area (Å²) in [6.45, 7) is 4.31. The molecule has 0 radical (unpaired) electrons. The summed E-state index contributed by atoms with van der Waals surface area (Å²) in [5.74, 6) is 1.02. The van der Waals surface area contributed by atoms with E-state index >= 15 is 0 Å². The molecule has 1 amide bonds.